The molecular weight excluding hydrogens is 276 g/mol. The van der Waals surface area contributed by atoms with Gasteiger partial charge in [0.15, 0.2) is 9.84 Å². The van der Waals surface area contributed by atoms with Crippen molar-refractivity contribution in [3.8, 4) is 0 Å². The minimum absolute atomic E-state index is 0.0297. The van der Waals surface area contributed by atoms with Crippen LogP contribution in [0.5, 0.6) is 0 Å². The third kappa shape index (κ3) is 4.09. The van der Waals surface area contributed by atoms with Gasteiger partial charge >= 0.3 is 6.03 Å². The lowest BCUT2D eigenvalue weighted by Crippen LogP contribution is -2.40. The standard InChI is InChI=1S/C14H18N2O3S/c1-11-4-2-3-5-12(11)6-8-15-14(17)16-13-7-9-20(18,19)10-13/h2-6,8,13H,7,9-10H2,1H3,(H2,15,16,17)/b8-6+. The second-order valence-corrected chi connectivity index (χ2v) is 7.14. The molecule has 0 aliphatic carbocycles. The fraction of sp³-hybridized carbons (Fsp3) is 0.357. The molecule has 1 saturated heterocycles. The average molecular weight is 294 g/mol. The van der Waals surface area contributed by atoms with Crippen molar-refractivity contribution in [1.29, 1.82) is 0 Å². The summed E-state index contributed by atoms with van der Waals surface area (Å²) in [6.45, 7) is 1.99. The summed E-state index contributed by atoms with van der Waals surface area (Å²) < 4.78 is 22.5. The van der Waals surface area contributed by atoms with Gasteiger partial charge in [-0.25, -0.2) is 13.2 Å². The first-order chi connectivity index (χ1) is 9.46. The monoisotopic (exact) mass is 294 g/mol. The van der Waals surface area contributed by atoms with Crippen molar-refractivity contribution in [2.24, 2.45) is 0 Å². The highest BCUT2D eigenvalue weighted by atomic mass is 32.2. The highest BCUT2D eigenvalue weighted by Crippen LogP contribution is 2.11. The fourth-order valence-corrected chi connectivity index (χ4v) is 3.79. The maximum atomic E-state index is 11.6. The summed E-state index contributed by atoms with van der Waals surface area (Å²) in [5.74, 6) is 0.179. The van der Waals surface area contributed by atoms with Gasteiger partial charge in [-0.2, -0.15) is 0 Å². The van der Waals surface area contributed by atoms with E-state index in [1.807, 2.05) is 31.2 Å². The molecule has 2 N–H and O–H groups in total. The van der Waals surface area contributed by atoms with Crippen molar-refractivity contribution < 1.29 is 13.2 Å². The smallest absolute Gasteiger partial charge is 0.319 e. The van der Waals surface area contributed by atoms with Gasteiger partial charge in [-0.3, -0.25) is 0 Å². The average Bonchev–Trinajstić information content (AvgIpc) is 2.71. The van der Waals surface area contributed by atoms with Gasteiger partial charge < -0.3 is 10.6 Å². The Balaban J connectivity index is 1.83. The Hall–Kier alpha value is -1.82. The maximum Gasteiger partial charge on any atom is 0.319 e. The summed E-state index contributed by atoms with van der Waals surface area (Å²) in [4.78, 5) is 11.6. The zero-order valence-electron chi connectivity index (χ0n) is 11.3. The number of carbonyl (C=O) groups is 1. The van der Waals surface area contributed by atoms with Crippen molar-refractivity contribution >= 4 is 21.9 Å². The van der Waals surface area contributed by atoms with Crippen LogP contribution in [0.3, 0.4) is 0 Å². The number of hydrogen-bond donors (Lipinski definition) is 2. The van der Waals surface area contributed by atoms with Crippen molar-refractivity contribution in [2.45, 2.75) is 19.4 Å². The first kappa shape index (κ1) is 14.6. The molecule has 1 aliphatic rings. The number of carbonyl (C=O) groups excluding carboxylic acids is 1. The number of urea groups is 1. The third-order valence-corrected chi connectivity index (χ3v) is 5.00. The molecule has 108 valence electrons. The molecule has 1 fully saturated rings. The molecule has 0 saturated carbocycles. The first-order valence-electron chi connectivity index (χ1n) is 6.46. The Labute approximate surface area is 119 Å². The number of nitrogens with one attached hydrogen (secondary N) is 2. The van der Waals surface area contributed by atoms with E-state index in [1.165, 1.54) is 0 Å². The van der Waals surface area contributed by atoms with Crippen molar-refractivity contribution in [3.05, 3.63) is 41.6 Å². The van der Waals surface area contributed by atoms with E-state index in [4.69, 9.17) is 0 Å². The van der Waals surface area contributed by atoms with Gasteiger partial charge in [-0.05, 0) is 30.5 Å². The van der Waals surface area contributed by atoms with E-state index < -0.39 is 9.84 Å². The molecule has 0 bridgehead atoms. The van der Waals surface area contributed by atoms with E-state index in [0.29, 0.717) is 6.42 Å². The molecule has 20 heavy (non-hydrogen) atoms. The van der Waals surface area contributed by atoms with E-state index >= 15 is 0 Å². The van der Waals surface area contributed by atoms with Crippen LogP contribution in [0.25, 0.3) is 6.08 Å². The second kappa shape index (κ2) is 6.09. The SMILES string of the molecule is Cc1ccccc1/C=C/NC(=O)NC1CCS(=O)(=O)C1. The van der Waals surface area contributed by atoms with Gasteiger partial charge in [0, 0.05) is 12.2 Å². The van der Waals surface area contributed by atoms with Crippen LogP contribution in [0.1, 0.15) is 17.5 Å². The molecule has 5 nitrogen and oxygen atoms in total. The summed E-state index contributed by atoms with van der Waals surface area (Å²) in [6, 6.07) is 7.16. The Morgan fingerprint density at radius 2 is 2.10 bits per heavy atom. The quantitative estimate of drug-likeness (QED) is 0.886. The summed E-state index contributed by atoms with van der Waals surface area (Å²) in [7, 11) is -2.97. The lowest BCUT2D eigenvalue weighted by molar-refractivity contribution is 0.241. The van der Waals surface area contributed by atoms with Crippen LogP contribution in [0.4, 0.5) is 4.79 Å². The molecule has 0 radical (unpaired) electrons. The van der Waals surface area contributed by atoms with Gasteiger partial charge in [-0.15, -0.1) is 0 Å². The minimum Gasteiger partial charge on any atom is -0.334 e. The summed E-state index contributed by atoms with van der Waals surface area (Å²) in [5.41, 5.74) is 2.14. The Morgan fingerprint density at radius 1 is 1.35 bits per heavy atom. The largest absolute Gasteiger partial charge is 0.334 e. The fourth-order valence-electron chi connectivity index (χ4n) is 2.12. The molecule has 2 rings (SSSR count). The van der Waals surface area contributed by atoms with Crippen LogP contribution >= 0.6 is 0 Å². The first-order valence-corrected chi connectivity index (χ1v) is 8.28. The molecule has 1 aliphatic heterocycles. The molecule has 1 heterocycles. The van der Waals surface area contributed by atoms with Gasteiger partial charge in [0.1, 0.15) is 0 Å². The number of aryl methyl sites for hydroxylation is 1. The lowest BCUT2D eigenvalue weighted by atomic mass is 10.1. The van der Waals surface area contributed by atoms with Crippen molar-refractivity contribution in [1.82, 2.24) is 10.6 Å². The number of benzene rings is 1. The molecule has 1 aromatic rings. The predicted molar refractivity (Wildman–Crippen MR) is 78.9 cm³/mol. The summed E-state index contributed by atoms with van der Waals surface area (Å²) >= 11 is 0. The highest BCUT2D eigenvalue weighted by molar-refractivity contribution is 7.91. The topological polar surface area (TPSA) is 75.3 Å². The van der Waals surface area contributed by atoms with Gasteiger partial charge in [0.25, 0.3) is 0 Å². The van der Waals surface area contributed by atoms with Gasteiger partial charge in [0.2, 0.25) is 0 Å². The molecule has 0 spiro atoms. The van der Waals surface area contributed by atoms with Crippen LogP contribution < -0.4 is 10.6 Å². The Bertz CT molecular complexity index is 623. The number of amides is 2. The van der Waals surface area contributed by atoms with E-state index in [1.54, 1.807) is 12.3 Å². The van der Waals surface area contributed by atoms with Crippen molar-refractivity contribution in [3.63, 3.8) is 0 Å². The zero-order valence-corrected chi connectivity index (χ0v) is 12.1. The third-order valence-electron chi connectivity index (χ3n) is 3.23. The molecule has 6 heteroatoms. The van der Waals surface area contributed by atoms with E-state index in [2.05, 4.69) is 10.6 Å². The Morgan fingerprint density at radius 3 is 2.75 bits per heavy atom. The lowest BCUT2D eigenvalue weighted by Gasteiger charge is -2.09. The Kier molecular flexibility index (Phi) is 4.44. The normalized spacial score (nSPS) is 20.9. The molecule has 1 unspecified atom stereocenters. The van der Waals surface area contributed by atoms with Crippen LogP contribution in [-0.2, 0) is 9.84 Å². The van der Waals surface area contributed by atoms with E-state index in [0.717, 1.165) is 11.1 Å². The van der Waals surface area contributed by atoms with E-state index in [9.17, 15) is 13.2 Å². The number of sulfone groups is 1. The van der Waals surface area contributed by atoms with Crippen LogP contribution in [0, 0.1) is 6.92 Å². The van der Waals surface area contributed by atoms with E-state index in [-0.39, 0.29) is 23.6 Å². The maximum absolute atomic E-state index is 11.6. The second-order valence-electron chi connectivity index (χ2n) is 4.91. The minimum atomic E-state index is -2.97. The summed E-state index contributed by atoms with van der Waals surface area (Å²) in [6.07, 6.45) is 3.85. The van der Waals surface area contributed by atoms with Crippen LogP contribution in [-0.4, -0.2) is 32.0 Å². The molecule has 0 aromatic heterocycles. The molecule has 1 aromatic carbocycles. The number of hydrogen-bond acceptors (Lipinski definition) is 3. The van der Waals surface area contributed by atoms with Gasteiger partial charge in [0.05, 0.1) is 11.5 Å². The van der Waals surface area contributed by atoms with Gasteiger partial charge in [-0.1, -0.05) is 24.3 Å². The summed E-state index contributed by atoms with van der Waals surface area (Å²) in [5, 5.41) is 5.24. The highest BCUT2D eigenvalue weighted by Gasteiger charge is 2.28. The molecule has 2 amide bonds. The van der Waals surface area contributed by atoms with Crippen LogP contribution in [0.2, 0.25) is 0 Å². The number of rotatable bonds is 3. The van der Waals surface area contributed by atoms with Crippen LogP contribution in [0.15, 0.2) is 30.5 Å². The van der Waals surface area contributed by atoms with Crippen molar-refractivity contribution in [2.75, 3.05) is 11.5 Å². The predicted octanol–water partition coefficient (Wildman–Crippen LogP) is 1.45. The zero-order chi connectivity index (χ0) is 14.6. The molecule has 1 atom stereocenters. The molecular formula is C14H18N2O3S.